The predicted octanol–water partition coefficient (Wildman–Crippen LogP) is 6.18. The number of halogens is 4. The van der Waals surface area contributed by atoms with Crippen LogP contribution in [0.2, 0.25) is 0 Å². The lowest BCUT2D eigenvalue weighted by molar-refractivity contribution is -0.137. The maximum Gasteiger partial charge on any atom is 0.416 e. The third-order valence-corrected chi connectivity index (χ3v) is 4.95. The van der Waals surface area contributed by atoms with Crippen molar-refractivity contribution >= 4 is 28.1 Å². The van der Waals surface area contributed by atoms with Gasteiger partial charge in [-0.3, -0.25) is 9.78 Å². The van der Waals surface area contributed by atoms with Gasteiger partial charge in [-0.1, -0.05) is 36.4 Å². The monoisotopic (exact) mass is 439 g/mol. The number of rotatable bonds is 5. The second-order valence-electron chi connectivity index (χ2n) is 7.07. The number of carbonyl (C=O) groups excluding carboxylic acids is 1. The van der Waals surface area contributed by atoms with E-state index in [-0.39, 0.29) is 11.3 Å². The van der Waals surface area contributed by atoms with Crippen molar-refractivity contribution in [1.82, 2.24) is 4.98 Å². The van der Waals surface area contributed by atoms with Crippen molar-refractivity contribution in [2.24, 2.45) is 0 Å². The number of nitrogens with one attached hydrogen (secondary N) is 2. The van der Waals surface area contributed by atoms with Crippen LogP contribution in [0.1, 0.15) is 17.2 Å². The van der Waals surface area contributed by atoms with Gasteiger partial charge < -0.3 is 10.6 Å². The van der Waals surface area contributed by atoms with Crippen molar-refractivity contribution in [3.05, 3.63) is 102 Å². The highest BCUT2D eigenvalue weighted by molar-refractivity contribution is 6.04. The summed E-state index contributed by atoms with van der Waals surface area (Å²) < 4.78 is 53.1. The number of fused-ring (bicyclic) bond motifs is 1. The minimum absolute atomic E-state index is 0.0506. The van der Waals surface area contributed by atoms with E-state index in [9.17, 15) is 22.4 Å². The van der Waals surface area contributed by atoms with Crippen molar-refractivity contribution in [3.8, 4) is 0 Å². The van der Waals surface area contributed by atoms with Gasteiger partial charge in [0.15, 0.2) is 0 Å². The SMILES string of the molecule is O=C(Nc1cccc2cnccc12)C(Nc1ccccc1F)c1ccc(C(F)(F)F)cc1. The number of anilines is 2. The second-order valence-corrected chi connectivity index (χ2v) is 7.07. The summed E-state index contributed by atoms with van der Waals surface area (Å²) >= 11 is 0. The zero-order valence-electron chi connectivity index (χ0n) is 16.5. The summed E-state index contributed by atoms with van der Waals surface area (Å²) in [5, 5.41) is 7.15. The first-order valence-electron chi connectivity index (χ1n) is 9.65. The first-order valence-corrected chi connectivity index (χ1v) is 9.65. The number of para-hydroxylation sites is 1. The Balaban J connectivity index is 1.69. The molecule has 0 spiro atoms. The molecule has 0 aliphatic heterocycles. The molecule has 1 amide bonds. The molecule has 162 valence electrons. The Morgan fingerprint density at radius 2 is 1.59 bits per heavy atom. The number of hydrogen-bond donors (Lipinski definition) is 2. The quantitative estimate of drug-likeness (QED) is 0.365. The number of alkyl halides is 3. The van der Waals surface area contributed by atoms with Crippen LogP contribution in [0.3, 0.4) is 0 Å². The summed E-state index contributed by atoms with van der Waals surface area (Å²) in [7, 11) is 0. The Bertz CT molecular complexity index is 1250. The molecule has 0 aliphatic carbocycles. The lowest BCUT2D eigenvalue weighted by atomic mass is 10.0. The molecule has 8 heteroatoms. The van der Waals surface area contributed by atoms with Gasteiger partial charge in [0, 0.05) is 28.9 Å². The van der Waals surface area contributed by atoms with Gasteiger partial charge in [-0.25, -0.2) is 4.39 Å². The van der Waals surface area contributed by atoms with Gasteiger partial charge in [0.05, 0.1) is 11.3 Å². The van der Waals surface area contributed by atoms with Gasteiger partial charge in [-0.2, -0.15) is 13.2 Å². The van der Waals surface area contributed by atoms with Crippen LogP contribution in [0.15, 0.2) is 85.2 Å². The van der Waals surface area contributed by atoms with Crippen molar-refractivity contribution in [1.29, 1.82) is 0 Å². The van der Waals surface area contributed by atoms with E-state index in [2.05, 4.69) is 15.6 Å². The summed E-state index contributed by atoms with van der Waals surface area (Å²) in [6, 6.07) is 15.8. The largest absolute Gasteiger partial charge is 0.416 e. The Labute approximate surface area is 180 Å². The van der Waals surface area contributed by atoms with Gasteiger partial charge >= 0.3 is 6.18 Å². The van der Waals surface area contributed by atoms with Crippen molar-refractivity contribution in [2.45, 2.75) is 12.2 Å². The van der Waals surface area contributed by atoms with Crippen LogP contribution in [0.25, 0.3) is 10.8 Å². The molecule has 0 radical (unpaired) electrons. The molecule has 4 aromatic rings. The maximum atomic E-state index is 14.2. The van der Waals surface area contributed by atoms with Gasteiger partial charge in [-0.05, 0) is 42.0 Å². The van der Waals surface area contributed by atoms with E-state index in [1.54, 1.807) is 36.7 Å². The highest BCUT2D eigenvalue weighted by Gasteiger charge is 2.31. The van der Waals surface area contributed by atoms with E-state index in [1.807, 2.05) is 6.07 Å². The fourth-order valence-electron chi connectivity index (χ4n) is 3.34. The second kappa shape index (κ2) is 8.66. The van der Waals surface area contributed by atoms with Crippen molar-refractivity contribution in [2.75, 3.05) is 10.6 Å². The molecule has 1 unspecified atom stereocenters. The smallest absolute Gasteiger partial charge is 0.368 e. The van der Waals surface area contributed by atoms with Crippen LogP contribution < -0.4 is 10.6 Å². The molecule has 1 aromatic heterocycles. The Kier molecular flexibility index (Phi) is 5.77. The van der Waals surface area contributed by atoms with E-state index in [4.69, 9.17) is 0 Å². The van der Waals surface area contributed by atoms with Gasteiger partial charge in [0.2, 0.25) is 0 Å². The van der Waals surface area contributed by atoms with E-state index in [1.165, 1.54) is 30.3 Å². The Hall–Kier alpha value is -3.94. The number of benzene rings is 3. The lowest BCUT2D eigenvalue weighted by Gasteiger charge is -2.21. The third-order valence-electron chi connectivity index (χ3n) is 4.95. The Morgan fingerprint density at radius 3 is 2.31 bits per heavy atom. The van der Waals surface area contributed by atoms with E-state index in [0.29, 0.717) is 5.69 Å². The number of carbonyl (C=O) groups is 1. The summed E-state index contributed by atoms with van der Waals surface area (Å²) in [5.74, 6) is -1.15. The summed E-state index contributed by atoms with van der Waals surface area (Å²) in [4.78, 5) is 17.3. The lowest BCUT2D eigenvalue weighted by Crippen LogP contribution is -2.27. The normalized spacial score (nSPS) is 12.4. The van der Waals surface area contributed by atoms with Crippen LogP contribution in [0.4, 0.5) is 28.9 Å². The molecule has 0 aliphatic rings. The summed E-state index contributed by atoms with van der Waals surface area (Å²) in [5.41, 5.74) is -0.0367. The molecular weight excluding hydrogens is 422 g/mol. The number of hydrogen-bond acceptors (Lipinski definition) is 3. The molecule has 0 bridgehead atoms. The molecule has 1 heterocycles. The molecule has 1 atom stereocenters. The number of amides is 1. The summed E-state index contributed by atoms with van der Waals surface area (Å²) in [6.07, 6.45) is -1.27. The minimum Gasteiger partial charge on any atom is -0.368 e. The zero-order chi connectivity index (χ0) is 22.7. The molecule has 0 saturated heterocycles. The van der Waals surface area contributed by atoms with Crippen LogP contribution in [-0.2, 0) is 11.0 Å². The number of nitrogens with zero attached hydrogens (tertiary/aromatic N) is 1. The first-order chi connectivity index (χ1) is 15.3. The van der Waals surface area contributed by atoms with E-state index >= 15 is 0 Å². The molecular formula is C24H17F4N3O. The van der Waals surface area contributed by atoms with Crippen molar-refractivity contribution < 1.29 is 22.4 Å². The van der Waals surface area contributed by atoms with Gasteiger partial charge in [0.25, 0.3) is 5.91 Å². The van der Waals surface area contributed by atoms with Crippen molar-refractivity contribution in [3.63, 3.8) is 0 Å². The Morgan fingerprint density at radius 1 is 0.875 bits per heavy atom. The minimum atomic E-state index is -4.51. The summed E-state index contributed by atoms with van der Waals surface area (Å²) in [6.45, 7) is 0. The zero-order valence-corrected chi connectivity index (χ0v) is 16.5. The number of pyridine rings is 1. The molecule has 3 aromatic carbocycles. The molecule has 4 rings (SSSR count). The fraction of sp³-hybridized carbons (Fsp3) is 0.0833. The van der Waals surface area contributed by atoms with Crippen LogP contribution in [-0.4, -0.2) is 10.9 Å². The molecule has 4 nitrogen and oxygen atoms in total. The van der Waals surface area contributed by atoms with Crippen LogP contribution >= 0.6 is 0 Å². The topological polar surface area (TPSA) is 54.0 Å². The molecule has 0 fully saturated rings. The standard InChI is InChI=1S/C24H17F4N3O/c25-19-5-1-2-6-21(19)30-22(15-8-10-17(11-9-15)24(26,27)28)23(32)31-20-7-3-4-16-14-29-13-12-18(16)20/h1-14,22,30H,(H,31,32). The average Bonchev–Trinajstić information content (AvgIpc) is 2.78. The van der Waals surface area contributed by atoms with E-state index in [0.717, 1.165) is 22.9 Å². The molecule has 32 heavy (non-hydrogen) atoms. The van der Waals surface area contributed by atoms with E-state index < -0.39 is 29.5 Å². The predicted molar refractivity (Wildman–Crippen MR) is 115 cm³/mol. The number of aromatic nitrogens is 1. The van der Waals surface area contributed by atoms with Crippen LogP contribution in [0.5, 0.6) is 0 Å². The molecule has 0 saturated carbocycles. The average molecular weight is 439 g/mol. The third kappa shape index (κ3) is 4.54. The molecule has 2 N–H and O–H groups in total. The maximum absolute atomic E-state index is 14.2. The first kappa shape index (κ1) is 21.3. The highest BCUT2D eigenvalue weighted by Crippen LogP contribution is 2.31. The highest BCUT2D eigenvalue weighted by atomic mass is 19.4. The van der Waals surface area contributed by atoms with Gasteiger partial charge in [0.1, 0.15) is 11.9 Å². The van der Waals surface area contributed by atoms with Crippen LogP contribution in [0, 0.1) is 5.82 Å². The van der Waals surface area contributed by atoms with Gasteiger partial charge in [-0.15, -0.1) is 0 Å². The fourth-order valence-corrected chi connectivity index (χ4v) is 3.34.